The molecule has 8 N–H and O–H groups in total. The molecule has 1 saturated heterocycles. The van der Waals surface area contributed by atoms with Gasteiger partial charge in [-0.15, -0.1) is 0 Å². The predicted octanol–water partition coefficient (Wildman–Crippen LogP) is -3.41. The first kappa shape index (κ1) is 38.8. The molecule has 0 aromatic heterocycles. The number of amides is 8. The number of hydrogen-bond acceptors (Lipinski definition) is 10. The Kier molecular flexibility index (Phi) is 13.3. The molecule has 0 spiro atoms. The lowest BCUT2D eigenvalue weighted by atomic mass is 9.79. The molecule has 0 aromatic carbocycles. The van der Waals surface area contributed by atoms with E-state index in [1.807, 2.05) is 0 Å². The van der Waals surface area contributed by atoms with Crippen molar-refractivity contribution < 1.29 is 58.2 Å². The van der Waals surface area contributed by atoms with Gasteiger partial charge in [0.2, 0.25) is 35.4 Å². The Labute approximate surface area is 275 Å². The summed E-state index contributed by atoms with van der Waals surface area (Å²) in [5.41, 5.74) is 3.08. The van der Waals surface area contributed by atoms with Gasteiger partial charge < -0.3 is 42.1 Å². The fourth-order valence-electron chi connectivity index (χ4n) is 4.85. The molecular formula is C29H41N7O12. The van der Waals surface area contributed by atoms with Crippen LogP contribution >= 0.6 is 0 Å². The molecule has 2 aliphatic rings. The van der Waals surface area contributed by atoms with Crippen LogP contribution in [0.15, 0.2) is 12.2 Å². The van der Waals surface area contributed by atoms with Gasteiger partial charge in [0, 0.05) is 38.2 Å². The summed E-state index contributed by atoms with van der Waals surface area (Å²) >= 11 is 0. The fourth-order valence-corrected chi connectivity index (χ4v) is 4.85. The van der Waals surface area contributed by atoms with E-state index in [4.69, 9.17) is 5.73 Å². The molecule has 0 aromatic rings. The molecule has 0 saturated carbocycles. The van der Waals surface area contributed by atoms with Gasteiger partial charge in [-0.25, -0.2) is 0 Å². The number of nitrogens with two attached hydrogens (primary N) is 1. The van der Waals surface area contributed by atoms with Crippen molar-refractivity contribution in [2.75, 3.05) is 19.6 Å². The van der Waals surface area contributed by atoms with Gasteiger partial charge in [0.05, 0.1) is 6.42 Å². The second-order valence-electron chi connectivity index (χ2n) is 12.1. The van der Waals surface area contributed by atoms with Crippen LogP contribution in [0.1, 0.15) is 53.4 Å². The highest BCUT2D eigenvalue weighted by atomic mass is 16.4. The smallest absolute Gasteiger partial charge is 0.324 e. The Hall–Kier alpha value is -5.36. The molecule has 48 heavy (non-hydrogen) atoms. The Morgan fingerprint density at radius 3 is 1.79 bits per heavy atom. The van der Waals surface area contributed by atoms with Crippen molar-refractivity contribution in [3.63, 3.8) is 0 Å². The molecule has 2 aliphatic heterocycles. The molecule has 4 atom stereocenters. The van der Waals surface area contributed by atoms with Gasteiger partial charge in [-0.2, -0.15) is 0 Å². The third kappa shape index (κ3) is 10.1. The Balaban J connectivity index is 1.96. The number of nitrogens with zero attached hydrogens (tertiary/aromatic N) is 2. The Bertz CT molecular complexity index is 1350. The summed E-state index contributed by atoms with van der Waals surface area (Å²) < 4.78 is 0. The minimum Gasteiger partial charge on any atom is -0.480 e. The quantitative estimate of drug-likeness (QED) is 0.0551. The topological polar surface area (TPSA) is 292 Å². The number of carbonyl (C=O) groups is 10. The monoisotopic (exact) mass is 679 g/mol. The van der Waals surface area contributed by atoms with Crippen molar-refractivity contribution in [3.8, 4) is 0 Å². The summed E-state index contributed by atoms with van der Waals surface area (Å²) in [6, 6.07) is -5.25. The number of aliphatic carboxylic acids is 2. The summed E-state index contributed by atoms with van der Waals surface area (Å²) in [7, 11) is 0. The maximum Gasteiger partial charge on any atom is 0.324 e. The summed E-state index contributed by atoms with van der Waals surface area (Å²) in [5.74, 6) is -9.37. The normalized spacial score (nSPS) is 17.4. The van der Waals surface area contributed by atoms with E-state index in [0.717, 1.165) is 22.0 Å². The molecule has 2 rings (SSSR count). The van der Waals surface area contributed by atoms with Crippen LogP contribution in [0.5, 0.6) is 0 Å². The molecule has 264 valence electrons. The van der Waals surface area contributed by atoms with Crippen molar-refractivity contribution in [1.29, 1.82) is 0 Å². The average molecular weight is 680 g/mol. The molecule has 0 bridgehead atoms. The van der Waals surface area contributed by atoms with Crippen molar-refractivity contribution >= 4 is 59.2 Å². The Morgan fingerprint density at radius 1 is 0.792 bits per heavy atom. The number of carboxylic acid groups (broad SMARTS) is 2. The number of rotatable bonds is 18. The summed E-state index contributed by atoms with van der Waals surface area (Å²) in [6.07, 6.45) is 1.63. The Morgan fingerprint density at radius 2 is 1.29 bits per heavy atom. The number of primary amides is 1. The van der Waals surface area contributed by atoms with Gasteiger partial charge in [0.1, 0.15) is 24.2 Å². The summed E-state index contributed by atoms with van der Waals surface area (Å²) in [4.78, 5) is 124. The zero-order valence-electron chi connectivity index (χ0n) is 26.9. The molecule has 1 fully saturated rings. The molecule has 19 heteroatoms. The van der Waals surface area contributed by atoms with Crippen LogP contribution in [0.4, 0.5) is 0 Å². The second-order valence-corrected chi connectivity index (χ2v) is 12.1. The highest BCUT2D eigenvalue weighted by Crippen LogP contribution is 2.32. The summed E-state index contributed by atoms with van der Waals surface area (Å²) in [5, 5.41) is 28.2. The standard InChI is InChI=1S/C29H41N7O12/c1-14(2)10-18(26(44)35-12-29(13-35,27(45)46)28(47)48)34-25(43)17(11-19(30)37)33-24(42)16(4)32-23(41)15(3)31-20(38)6-5-9-36-21(39)7-8-22(36)40/h7-8,14-18H,5-6,9-13H2,1-4H3,(H2,30,37)(H,31,38)(H,32,41)(H,33,42)(H,34,43)(H,45,46)(H,47,48). The zero-order valence-corrected chi connectivity index (χ0v) is 26.9. The maximum atomic E-state index is 13.2. The predicted molar refractivity (Wildman–Crippen MR) is 162 cm³/mol. The van der Waals surface area contributed by atoms with Gasteiger partial charge in [-0.05, 0) is 32.6 Å². The van der Waals surface area contributed by atoms with E-state index in [1.54, 1.807) is 13.8 Å². The average Bonchev–Trinajstić information content (AvgIpc) is 3.26. The highest BCUT2D eigenvalue weighted by molar-refractivity contribution is 6.12. The van der Waals surface area contributed by atoms with Crippen LogP contribution in [0.2, 0.25) is 0 Å². The molecular weight excluding hydrogens is 638 g/mol. The van der Waals surface area contributed by atoms with Crippen LogP contribution in [0.3, 0.4) is 0 Å². The van der Waals surface area contributed by atoms with Gasteiger partial charge in [-0.3, -0.25) is 52.8 Å². The molecule has 4 unspecified atom stereocenters. The first-order chi connectivity index (χ1) is 22.3. The number of carbonyl (C=O) groups excluding carboxylic acids is 8. The first-order valence-corrected chi connectivity index (χ1v) is 15.1. The third-order valence-corrected chi connectivity index (χ3v) is 7.62. The van der Waals surface area contributed by atoms with Crippen LogP contribution in [-0.4, -0.2) is 123 Å². The van der Waals surface area contributed by atoms with E-state index in [0.29, 0.717) is 0 Å². The summed E-state index contributed by atoms with van der Waals surface area (Å²) in [6.45, 7) is 4.83. The van der Waals surface area contributed by atoms with E-state index in [-0.39, 0.29) is 31.7 Å². The first-order valence-electron chi connectivity index (χ1n) is 15.1. The lowest BCUT2D eigenvalue weighted by molar-refractivity contribution is -0.181. The minimum absolute atomic E-state index is 0.0106. The van der Waals surface area contributed by atoms with Crippen LogP contribution < -0.4 is 27.0 Å². The van der Waals surface area contributed by atoms with E-state index in [9.17, 15) is 58.2 Å². The molecule has 2 heterocycles. The van der Waals surface area contributed by atoms with Crippen molar-refractivity contribution in [2.45, 2.75) is 77.5 Å². The number of hydrogen-bond donors (Lipinski definition) is 7. The minimum atomic E-state index is -2.18. The molecule has 19 nitrogen and oxygen atoms in total. The maximum absolute atomic E-state index is 13.2. The largest absolute Gasteiger partial charge is 0.480 e. The van der Waals surface area contributed by atoms with Gasteiger partial charge >= 0.3 is 11.9 Å². The number of likely N-dealkylation sites (tertiary alicyclic amines) is 1. The third-order valence-electron chi connectivity index (χ3n) is 7.62. The lowest BCUT2D eigenvalue weighted by Crippen LogP contribution is -2.68. The molecule has 0 aliphatic carbocycles. The second kappa shape index (κ2) is 16.5. The van der Waals surface area contributed by atoms with Crippen molar-refractivity contribution in [1.82, 2.24) is 31.1 Å². The number of imide groups is 1. The van der Waals surface area contributed by atoms with Crippen LogP contribution in [0, 0.1) is 11.3 Å². The lowest BCUT2D eigenvalue weighted by Gasteiger charge is -2.45. The zero-order chi connectivity index (χ0) is 36.5. The van der Waals surface area contributed by atoms with Crippen molar-refractivity contribution in [2.24, 2.45) is 17.1 Å². The number of nitrogens with one attached hydrogen (secondary N) is 4. The van der Waals surface area contributed by atoms with Crippen molar-refractivity contribution in [3.05, 3.63) is 12.2 Å². The SMILES string of the molecule is CC(C)CC(NC(=O)C(CC(N)=O)NC(=O)C(C)NC(=O)C(C)NC(=O)CCCN1C(=O)C=CC1=O)C(=O)N1CC(C(=O)O)(C(=O)O)C1. The van der Waals surface area contributed by atoms with Crippen LogP contribution in [0.25, 0.3) is 0 Å². The molecule has 8 amide bonds. The van der Waals surface area contributed by atoms with Crippen LogP contribution in [-0.2, 0) is 47.9 Å². The number of carboxylic acids is 2. The van der Waals surface area contributed by atoms with E-state index in [2.05, 4.69) is 21.3 Å². The van der Waals surface area contributed by atoms with Gasteiger partial charge in [-0.1, -0.05) is 13.8 Å². The fraction of sp³-hybridized carbons (Fsp3) is 0.586. The van der Waals surface area contributed by atoms with E-state index < -0.39 is 108 Å². The van der Waals surface area contributed by atoms with E-state index in [1.165, 1.54) is 13.8 Å². The van der Waals surface area contributed by atoms with Gasteiger partial charge in [0.25, 0.3) is 11.8 Å². The van der Waals surface area contributed by atoms with E-state index >= 15 is 0 Å². The highest BCUT2D eigenvalue weighted by Gasteiger charge is 2.58. The molecule has 0 radical (unpaired) electrons. The van der Waals surface area contributed by atoms with Gasteiger partial charge in [0.15, 0.2) is 5.41 Å².